The first kappa shape index (κ1) is 16.3. The molecule has 26 heavy (non-hydrogen) atoms. The Morgan fingerprint density at radius 3 is 2.96 bits per heavy atom. The van der Waals surface area contributed by atoms with Crippen molar-refractivity contribution >= 4 is 5.97 Å². The Balaban J connectivity index is 1.42. The lowest BCUT2D eigenvalue weighted by Gasteiger charge is -2.82. The van der Waals surface area contributed by atoms with Crippen molar-refractivity contribution in [3.8, 4) is 5.75 Å². The Labute approximate surface area is 155 Å². The van der Waals surface area contributed by atoms with Crippen molar-refractivity contribution in [2.75, 3.05) is 7.05 Å². The van der Waals surface area contributed by atoms with Crippen LogP contribution in [-0.4, -0.2) is 29.5 Å². The fraction of sp³-hybridized carbons (Fsp3) is 0.522. The third kappa shape index (κ3) is 1.95. The smallest absolute Gasteiger partial charge is 0.336 e. The van der Waals surface area contributed by atoms with Crippen LogP contribution in [-0.2, 0) is 16.6 Å². The number of rotatable bonds is 3. The van der Waals surface area contributed by atoms with Gasteiger partial charge >= 0.3 is 5.97 Å². The predicted octanol–water partition coefficient (Wildman–Crippen LogP) is 4.16. The second-order valence-corrected chi connectivity index (χ2v) is 8.99. The molecule has 0 N–H and O–H groups in total. The molecule has 1 aliphatic heterocycles. The van der Waals surface area contributed by atoms with E-state index in [1.165, 1.54) is 42.9 Å². The number of benzene rings is 1. The number of fused-ring (bicyclic) bond motifs is 1. The van der Waals surface area contributed by atoms with Gasteiger partial charge in [0.05, 0.1) is 0 Å². The summed E-state index contributed by atoms with van der Waals surface area (Å²) in [6.07, 6.45) is 11.6. The van der Waals surface area contributed by atoms with Gasteiger partial charge in [0.1, 0.15) is 5.75 Å². The third-order valence-electron chi connectivity index (χ3n) is 7.54. The third-order valence-corrected chi connectivity index (χ3v) is 7.54. The van der Waals surface area contributed by atoms with Gasteiger partial charge in [-0.3, -0.25) is 4.90 Å². The summed E-state index contributed by atoms with van der Waals surface area (Å²) in [5.41, 5.74) is 4.94. The summed E-state index contributed by atoms with van der Waals surface area (Å²) in [6, 6.07) is 7.06. The lowest BCUT2D eigenvalue weighted by atomic mass is 9.32. The maximum atomic E-state index is 12.1. The fourth-order valence-electron chi connectivity index (χ4n) is 6.67. The number of carbonyl (C=O) groups is 1. The minimum atomic E-state index is -0.302. The molecule has 1 saturated heterocycles. The topological polar surface area (TPSA) is 29.5 Å². The molecule has 0 amide bonds. The number of carbonyl (C=O) groups excluding carboxylic acids is 1. The first-order valence-corrected chi connectivity index (χ1v) is 9.86. The number of esters is 1. The van der Waals surface area contributed by atoms with Crippen LogP contribution in [0.25, 0.3) is 0 Å². The van der Waals surface area contributed by atoms with Gasteiger partial charge in [-0.05, 0) is 69.8 Å². The van der Waals surface area contributed by atoms with Crippen LogP contribution in [0.5, 0.6) is 5.75 Å². The van der Waals surface area contributed by atoms with Gasteiger partial charge in [0.2, 0.25) is 0 Å². The highest BCUT2D eigenvalue weighted by molar-refractivity contribution is 5.84. The molecule has 2 bridgehead atoms. The van der Waals surface area contributed by atoms with E-state index < -0.39 is 0 Å². The Bertz CT molecular complexity index is 850. The summed E-state index contributed by atoms with van der Waals surface area (Å²) in [5, 5.41) is 0. The highest BCUT2D eigenvalue weighted by Crippen LogP contribution is 2.75. The quantitative estimate of drug-likeness (QED) is 0.355. The van der Waals surface area contributed by atoms with E-state index in [4.69, 9.17) is 4.74 Å². The Morgan fingerprint density at radius 1 is 1.31 bits per heavy atom. The normalized spacial score (nSPS) is 36.4. The number of hydrogen-bond donors (Lipinski definition) is 0. The zero-order valence-electron chi connectivity index (χ0n) is 15.9. The van der Waals surface area contributed by atoms with E-state index in [0.29, 0.717) is 16.7 Å². The molecule has 1 unspecified atom stereocenters. The van der Waals surface area contributed by atoms with Crippen molar-refractivity contribution in [1.29, 1.82) is 0 Å². The van der Waals surface area contributed by atoms with E-state index in [1.807, 2.05) is 26.0 Å². The van der Waals surface area contributed by atoms with Crippen LogP contribution < -0.4 is 4.74 Å². The van der Waals surface area contributed by atoms with Crippen LogP contribution in [0.2, 0.25) is 0 Å². The van der Waals surface area contributed by atoms with Crippen LogP contribution in [0.3, 0.4) is 0 Å². The molecule has 1 aromatic carbocycles. The molecule has 3 nitrogen and oxygen atoms in total. The molecule has 2 spiro atoms. The molecule has 2 saturated carbocycles. The van der Waals surface area contributed by atoms with Crippen molar-refractivity contribution in [2.24, 2.45) is 5.92 Å². The summed E-state index contributed by atoms with van der Waals surface area (Å²) in [4.78, 5) is 14.8. The van der Waals surface area contributed by atoms with Crippen LogP contribution in [0.15, 0.2) is 42.0 Å². The zero-order chi connectivity index (χ0) is 18.1. The van der Waals surface area contributed by atoms with Gasteiger partial charge in [0, 0.05) is 29.0 Å². The first-order chi connectivity index (χ1) is 12.5. The zero-order valence-corrected chi connectivity index (χ0v) is 15.9. The summed E-state index contributed by atoms with van der Waals surface area (Å²) < 4.78 is 5.60. The molecule has 1 aromatic rings. The first-order valence-electron chi connectivity index (χ1n) is 9.86. The van der Waals surface area contributed by atoms with Crippen molar-refractivity contribution in [3.63, 3.8) is 0 Å². The molecule has 5 rings (SSSR count). The van der Waals surface area contributed by atoms with E-state index in [1.54, 1.807) is 6.08 Å². The van der Waals surface area contributed by atoms with E-state index in [2.05, 4.69) is 24.1 Å². The molecule has 1 heterocycles. The highest BCUT2D eigenvalue weighted by atomic mass is 16.5. The standard InChI is InChI=1S/C23H27NO2/c1-15(2)6-4-7-20(25)26-17-9-8-16-12-19-21-22(18(16)13-17)10-5-11-23(21,14-22)24(19)3/h4,6-9,13,19,21H,5,10-12,14H2,1-3H3/b7-4+/t19-,21?,22+,23+/m0/s1. The Hall–Kier alpha value is -1.87. The summed E-state index contributed by atoms with van der Waals surface area (Å²) in [5.74, 6) is 1.22. The van der Waals surface area contributed by atoms with Crippen molar-refractivity contribution in [1.82, 2.24) is 4.90 Å². The largest absolute Gasteiger partial charge is 0.423 e. The molecule has 3 fully saturated rings. The van der Waals surface area contributed by atoms with Crippen LogP contribution >= 0.6 is 0 Å². The SMILES string of the molecule is CC(C)=C/C=C/C(=O)Oc1ccc2c(c1)[C@@]13CCC[C@@]4(C1)C3[C@H](C2)N4C. The average Bonchev–Trinajstić information content (AvgIpc) is 2.61. The van der Waals surface area contributed by atoms with E-state index in [9.17, 15) is 4.79 Å². The van der Waals surface area contributed by atoms with Gasteiger partial charge in [-0.1, -0.05) is 30.2 Å². The second kappa shape index (κ2) is 5.32. The van der Waals surface area contributed by atoms with Crippen LogP contribution in [0, 0.1) is 5.92 Å². The fourth-order valence-corrected chi connectivity index (χ4v) is 6.67. The summed E-state index contributed by atoms with van der Waals surface area (Å²) >= 11 is 0. The average molecular weight is 349 g/mol. The van der Waals surface area contributed by atoms with Gasteiger partial charge in [0.15, 0.2) is 0 Å². The number of hydrogen-bond acceptors (Lipinski definition) is 3. The number of nitrogens with zero attached hydrogens (tertiary/aromatic N) is 1. The minimum Gasteiger partial charge on any atom is -0.423 e. The molecular formula is C23H27NO2. The van der Waals surface area contributed by atoms with Crippen LogP contribution in [0.1, 0.15) is 50.7 Å². The number of ether oxygens (including phenoxy) is 1. The van der Waals surface area contributed by atoms with Gasteiger partial charge in [-0.15, -0.1) is 0 Å². The number of likely N-dealkylation sites (N-methyl/N-ethyl adjacent to an activating group) is 1. The molecule has 3 heteroatoms. The Kier molecular flexibility index (Phi) is 3.34. The number of piperidine rings is 1. The Morgan fingerprint density at radius 2 is 2.15 bits per heavy atom. The van der Waals surface area contributed by atoms with Crippen molar-refractivity contribution < 1.29 is 9.53 Å². The monoisotopic (exact) mass is 349 g/mol. The number of allylic oxidation sites excluding steroid dienone is 3. The minimum absolute atomic E-state index is 0.302. The molecule has 0 aromatic heterocycles. The van der Waals surface area contributed by atoms with Crippen LogP contribution in [0.4, 0.5) is 0 Å². The maximum Gasteiger partial charge on any atom is 0.336 e. The van der Waals surface area contributed by atoms with Gasteiger partial charge in [-0.25, -0.2) is 4.79 Å². The lowest BCUT2D eigenvalue weighted by molar-refractivity contribution is -0.275. The molecule has 4 atom stereocenters. The molecule has 4 aliphatic rings. The van der Waals surface area contributed by atoms with Gasteiger partial charge < -0.3 is 4.74 Å². The van der Waals surface area contributed by atoms with E-state index in [-0.39, 0.29) is 5.97 Å². The molecule has 0 radical (unpaired) electrons. The number of likely N-dealkylation sites (tertiary alicyclic amines) is 1. The maximum absolute atomic E-state index is 12.1. The lowest BCUT2D eigenvalue weighted by Crippen LogP contribution is -2.88. The molecule has 3 aliphatic carbocycles. The van der Waals surface area contributed by atoms with Crippen molar-refractivity contribution in [3.05, 3.63) is 53.1 Å². The molecular weight excluding hydrogens is 322 g/mol. The van der Waals surface area contributed by atoms with Crippen molar-refractivity contribution in [2.45, 2.75) is 62.9 Å². The second-order valence-electron chi connectivity index (χ2n) is 8.99. The molecule has 136 valence electrons. The van der Waals surface area contributed by atoms with Gasteiger partial charge in [-0.2, -0.15) is 0 Å². The predicted molar refractivity (Wildman–Crippen MR) is 102 cm³/mol. The summed E-state index contributed by atoms with van der Waals surface area (Å²) in [6.45, 7) is 4.01. The van der Waals surface area contributed by atoms with Gasteiger partial charge in [0.25, 0.3) is 0 Å². The van der Waals surface area contributed by atoms with E-state index >= 15 is 0 Å². The summed E-state index contributed by atoms with van der Waals surface area (Å²) in [7, 11) is 2.33. The van der Waals surface area contributed by atoms with E-state index in [0.717, 1.165) is 24.0 Å². The highest BCUT2D eigenvalue weighted by Gasteiger charge is 2.78.